The van der Waals surface area contributed by atoms with Crippen LogP contribution in [0.2, 0.25) is 0 Å². The van der Waals surface area contributed by atoms with Gasteiger partial charge in [-0.2, -0.15) is 0 Å². The standard InChI is InChI=1S/C7H16NO2P/c1-6(9)11-7(10)5-8(2,3)4/h7,10H,5H2,1-4H3. The predicted molar refractivity (Wildman–Crippen MR) is 46.5 cm³/mol. The molecule has 0 saturated heterocycles. The first-order chi connectivity index (χ1) is 4.81. The lowest BCUT2D eigenvalue weighted by Crippen LogP contribution is -2.40. The van der Waals surface area contributed by atoms with Gasteiger partial charge < -0.3 is 23.0 Å². The van der Waals surface area contributed by atoms with Crippen molar-refractivity contribution >= 4 is 14.1 Å². The summed E-state index contributed by atoms with van der Waals surface area (Å²) in [5.41, 5.74) is 0.0194. The van der Waals surface area contributed by atoms with Gasteiger partial charge in [-0.3, -0.25) is 0 Å². The summed E-state index contributed by atoms with van der Waals surface area (Å²) in [6, 6.07) is 0. The van der Waals surface area contributed by atoms with Crippen LogP contribution >= 0.6 is 8.58 Å². The Balaban J connectivity index is 3.69. The highest BCUT2D eigenvalue weighted by Crippen LogP contribution is 2.18. The summed E-state index contributed by atoms with van der Waals surface area (Å²) in [7, 11) is 6.46. The highest BCUT2D eigenvalue weighted by atomic mass is 31.1. The Kier molecular flexibility index (Phi) is 4.16. The van der Waals surface area contributed by atoms with Crippen LogP contribution in [-0.2, 0) is 4.79 Å². The molecule has 0 fully saturated rings. The minimum atomic E-state index is -0.521. The summed E-state index contributed by atoms with van der Waals surface area (Å²) >= 11 is 0. The predicted octanol–water partition coefficient (Wildman–Crippen LogP) is 0.504. The van der Waals surface area contributed by atoms with Crippen molar-refractivity contribution < 1.29 is 14.4 Å². The van der Waals surface area contributed by atoms with Crippen molar-refractivity contribution in [2.24, 2.45) is 0 Å². The topological polar surface area (TPSA) is 37.3 Å². The minimum absolute atomic E-state index is 0.0194. The third-order valence-corrected chi connectivity index (χ3v) is 1.87. The van der Waals surface area contributed by atoms with Crippen molar-refractivity contribution in [2.75, 3.05) is 27.7 Å². The van der Waals surface area contributed by atoms with Crippen LogP contribution in [0.3, 0.4) is 0 Å². The van der Waals surface area contributed by atoms with E-state index in [1.54, 1.807) is 0 Å². The van der Waals surface area contributed by atoms with E-state index in [4.69, 9.17) is 0 Å². The van der Waals surface area contributed by atoms with Crippen molar-refractivity contribution in [2.45, 2.75) is 12.8 Å². The van der Waals surface area contributed by atoms with Gasteiger partial charge in [0.15, 0.2) is 0 Å². The lowest BCUT2D eigenvalue weighted by atomic mass is 10.5. The van der Waals surface area contributed by atoms with Gasteiger partial charge in [-0.25, -0.2) is 0 Å². The number of aliphatic hydroxyl groups is 1. The molecule has 1 N–H and O–H groups in total. The molecule has 0 aliphatic carbocycles. The first-order valence-electron chi connectivity index (χ1n) is 3.51. The fraction of sp³-hybridized carbons (Fsp3) is 0.857. The van der Waals surface area contributed by atoms with Crippen LogP contribution in [0, 0.1) is 0 Å². The summed E-state index contributed by atoms with van der Waals surface area (Å²) in [6.45, 7) is 2.10. The molecule has 3 nitrogen and oxygen atoms in total. The number of likely N-dealkylation sites (N-methyl/N-ethyl adjacent to an activating group) is 1. The second kappa shape index (κ2) is 4.15. The zero-order valence-corrected chi connectivity index (χ0v) is 8.43. The van der Waals surface area contributed by atoms with E-state index < -0.39 is 5.85 Å². The summed E-state index contributed by atoms with van der Waals surface area (Å²) in [5.74, 6) is -0.521. The Morgan fingerprint density at radius 2 is 2.00 bits per heavy atom. The van der Waals surface area contributed by atoms with E-state index in [0.29, 0.717) is 19.6 Å². The largest absolute Gasteiger partial charge is 0.427 e. The summed E-state index contributed by atoms with van der Waals surface area (Å²) < 4.78 is 0.682. The molecule has 0 spiro atoms. The lowest BCUT2D eigenvalue weighted by molar-refractivity contribution is -0.871. The molecule has 0 amide bonds. The van der Waals surface area contributed by atoms with Crippen molar-refractivity contribution in [1.82, 2.24) is 0 Å². The molecule has 0 aliphatic rings. The van der Waals surface area contributed by atoms with Gasteiger partial charge in [-0.05, 0) is 18.3 Å². The van der Waals surface area contributed by atoms with Crippen LogP contribution in [-0.4, -0.2) is 48.6 Å². The number of nitrogens with zero attached hydrogens (tertiary/aromatic N) is 1. The number of aliphatic hydroxyl groups excluding tert-OH is 1. The Morgan fingerprint density at radius 1 is 1.55 bits per heavy atom. The molecule has 1 unspecified atom stereocenters. The summed E-state index contributed by atoms with van der Waals surface area (Å²) in [4.78, 5) is 10.6. The van der Waals surface area contributed by atoms with E-state index in [1.165, 1.54) is 6.92 Å². The van der Waals surface area contributed by atoms with E-state index >= 15 is 0 Å². The van der Waals surface area contributed by atoms with Crippen LogP contribution < -0.4 is 0 Å². The Bertz CT molecular complexity index is 142. The fourth-order valence-electron chi connectivity index (χ4n) is 0.741. The SMILES string of the molecule is CC(=O)[P-]C(O)C[N+](C)(C)C. The second-order valence-electron chi connectivity index (χ2n) is 3.60. The lowest BCUT2D eigenvalue weighted by Gasteiger charge is -2.31. The van der Waals surface area contributed by atoms with Crippen molar-refractivity contribution in [3.63, 3.8) is 0 Å². The second-order valence-corrected chi connectivity index (χ2v) is 5.09. The van der Waals surface area contributed by atoms with E-state index in [0.717, 1.165) is 0 Å². The maximum absolute atomic E-state index is 10.6. The van der Waals surface area contributed by atoms with Crippen LogP contribution in [0.1, 0.15) is 6.92 Å². The number of carbonyl (C=O) groups excluding carboxylic acids is 1. The third-order valence-electron chi connectivity index (χ3n) is 1.04. The first kappa shape index (κ1) is 11.0. The average molecular weight is 177 g/mol. The van der Waals surface area contributed by atoms with Crippen LogP contribution in [0.4, 0.5) is 0 Å². The van der Waals surface area contributed by atoms with Gasteiger partial charge in [-0.1, -0.05) is 0 Å². The molecule has 66 valence electrons. The van der Waals surface area contributed by atoms with Crippen molar-refractivity contribution in [3.8, 4) is 0 Å². The zero-order chi connectivity index (χ0) is 9.07. The van der Waals surface area contributed by atoms with Gasteiger partial charge in [0.25, 0.3) is 0 Å². The van der Waals surface area contributed by atoms with E-state index in [-0.39, 0.29) is 5.52 Å². The molecule has 4 heteroatoms. The third kappa shape index (κ3) is 7.92. The Hall–Kier alpha value is 0.0200. The summed E-state index contributed by atoms with van der Waals surface area (Å²) in [5, 5.41) is 9.31. The van der Waals surface area contributed by atoms with Gasteiger partial charge in [0.1, 0.15) is 0 Å². The molecule has 0 aromatic rings. The number of hydrogen-bond donors (Lipinski definition) is 1. The van der Waals surface area contributed by atoms with Gasteiger partial charge in [0, 0.05) is 0 Å². The van der Waals surface area contributed by atoms with Gasteiger partial charge >= 0.3 is 0 Å². The Labute approximate surface area is 69.8 Å². The molecule has 0 aromatic carbocycles. The number of quaternary nitrogens is 1. The maximum atomic E-state index is 10.6. The Morgan fingerprint density at radius 3 is 2.27 bits per heavy atom. The van der Waals surface area contributed by atoms with Gasteiger partial charge in [-0.15, -0.1) is 0 Å². The molecule has 0 bridgehead atoms. The van der Waals surface area contributed by atoms with E-state index in [9.17, 15) is 9.90 Å². The van der Waals surface area contributed by atoms with Gasteiger partial charge in [0.2, 0.25) is 0 Å². The molecule has 0 radical (unpaired) electrons. The molecule has 0 heterocycles. The quantitative estimate of drug-likeness (QED) is 0.501. The molecule has 11 heavy (non-hydrogen) atoms. The molecule has 0 rings (SSSR count). The molecule has 0 aliphatic heterocycles. The smallest absolute Gasteiger partial charge is 0.0774 e. The molecule has 0 saturated carbocycles. The molecule has 0 aromatic heterocycles. The average Bonchev–Trinajstić information content (AvgIpc) is 1.53. The minimum Gasteiger partial charge on any atom is -0.427 e. The van der Waals surface area contributed by atoms with Crippen LogP contribution in [0.15, 0.2) is 0 Å². The van der Waals surface area contributed by atoms with Gasteiger partial charge in [0.05, 0.1) is 27.7 Å². The van der Waals surface area contributed by atoms with E-state index in [1.807, 2.05) is 21.1 Å². The monoisotopic (exact) mass is 177 g/mol. The molecule has 1 atom stereocenters. The van der Waals surface area contributed by atoms with E-state index in [2.05, 4.69) is 0 Å². The first-order valence-corrected chi connectivity index (χ1v) is 4.47. The number of carbonyl (C=O) groups is 1. The highest BCUT2D eigenvalue weighted by molar-refractivity contribution is 7.58. The fourth-order valence-corrected chi connectivity index (χ4v) is 1.73. The number of rotatable bonds is 4. The van der Waals surface area contributed by atoms with Crippen LogP contribution in [0.25, 0.3) is 0 Å². The highest BCUT2D eigenvalue weighted by Gasteiger charge is 2.08. The summed E-state index contributed by atoms with van der Waals surface area (Å²) in [6.07, 6.45) is 0. The maximum Gasteiger partial charge on any atom is 0.0774 e. The number of hydrogen-bond acceptors (Lipinski definition) is 2. The molecular weight excluding hydrogens is 161 g/mol. The van der Waals surface area contributed by atoms with Crippen molar-refractivity contribution in [1.29, 1.82) is 0 Å². The zero-order valence-electron chi connectivity index (χ0n) is 7.53. The van der Waals surface area contributed by atoms with Crippen molar-refractivity contribution in [3.05, 3.63) is 0 Å². The normalized spacial score (nSPS) is 15.7. The molecular formula is C7H16NO2P. The van der Waals surface area contributed by atoms with Crippen LogP contribution in [0.5, 0.6) is 0 Å².